The average Bonchev–Trinajstić information content (AvgIpc) is 3.34. The van der Waals surface area contributed by atoms with Crippen molar-refractivity contribution in [2.75, 3.05) is 13.1 Å². The summed E-state index contributed by atoms with van der Waals surface area (Å²) >= 11 is 0. The number of imidazole rings is 1. The van der Waals surface area contributed by atoms with E-state index in [2.05, 4.69) is 10.3 Å². The van der Waals surface area contributed by atoms with Gasteiger partial charge in [-0.2, -0.15) is 0 Å². The molecule has 0 saturated carbocycles. The van der Waals surface area contributed by atoms with E-state index < -0.39 is 0 Å². The summed E-state index contributed by atoms with van der Waals surface area (Å²) in [6, 6.07) is 17.7. The molecule has 1 aromatic heterocycles. The van der Waals surface area contributed by atoms with Gasteiger partial charge in [-0.05, 0) is 49.1 Å². The number of piperidine rings is 1. The summed E-state index contributed by atoms with van der Waals surface area (Å²) in [5.74, 6) is 0.125. The van der Waals surface area contributed by atoms with Gasteiger partial charge in [0.25, 0.3) is 5.91 Å². The summed E-state index contributed by atoms with van der Waals surface area (Å²) in [7, 11) is 0. The topological polar surface area (TPSA) is 67.2 Å². The fourth-order valence-corrected chi connectivity index (χ4v) is 3.80. The van der Waals surface area contributed by atoms with Gasteiger partial charge in [-0.3, -0.25) is 9.59 Å². The smallest absolute Gasteiger partial charge is 0.253 e. The van der Waals surface area contributed by atoms with E-state index in [0.717, 1.165) is 24.9 Å². The molecule has 0 bridgehead atoms. The van der Waals surface area contributed by atoms with Crippen LogP contribution in [0.15, 0.2) is 73.3 Å². The van der Waals surface area contributed by atoms with E-state index in [0.29, 0.717) is 25.1 Å². The van der Waals surface area contributed by atoms with Crippen LogP contribution in [0.3, 0.4) is 0 Å². The molecule has 2 aromatic carbocycles. The van der Waals surface area contributed by atoms with Crippen LogP contribution < -0.4 is 5.32 Å². The number of aryl methyl sites for hydroxylation is 1. The Hall–Kier alpha value is -3.41. The van der Waals surface area contributed by atoms with Crippen LogP contribution in [0.1, 0.15) is 35.2 Å². The zero-order chi connectivity index (χ0) is 20.8. The summed E-state index contributed by atoms with van der Waals surface area (Å²) in [4.78, 5) is 31.0. The fraction of sp³-hybridized carbons (Fsp3) is 0.292. The van der Waals surface area contributed by atoms with Crippen LogP contribution in [0.4, 0.5) is 0 Å². The van der Waals surface area contributed by atoms with Crippen molar-refractivity contribution in [2.24, 2.45) is 0 Å². The van der Waals surface area contributed by atoms with Crippen LogP contribution in [-0.4, -0.2) is 45.4 Å². The van der Waals surface area contributed by atoms with Gasteiger partial charge in [0.1, 0.15) is 0 Å². The van der Waals surface area contributed by atoms with Crippen LogP contribution in [0.5, 0.6) is 0 Å². The molecule has 4 rings (SSSR count). The monoisotopic (exact) mass is 402 g/mol. The Labute approximate surface area is 176 Å². The molecule has 0 atom stereocenters. The quantitative estimate of drug-likeness (QED) is 0.688. The summed E-state index contributed by atoms with van der Waals surface area (Å²) in [6.45, 7) is 1.32. The minimum absolute atomic E-state index is 0.0426. The second-order valence-corrected chi connectivity index (χ2v) is 7.64. The highest BCUT2D eigenvalue weighted by molar-refractivity contribution is 5.94. The van der Waals surface area contributed by atoms with Gasteiger partial charge < -0.3 is 14.8 Å². The van der Waals surface area contributed by atoms with Crippen molar-refractivity contribution < 1.29 is 9.59 Å². The van der Waals surface area contributed by atoms with Crippen molar-refractivity contribution in [3.8, 4) is 5.69 Å². The number of rotatable bonds is 6. The lowest BCUT2D eigenvalue weighted by molar-refractivity contribution is -0.122. The number of amides is 2. The van der Waals surface area contributed by atoms with Crippen molar-refractivity contribution >= 4 is 11.8 Å². The van der Waals surface area contributed by atoms with Gasteiger partial charge in [0.15, 0.2) is 0 Å². The fourth-order valence-electron chi connectivity index (χ4n) is 3.80. The summed E-state index contributed by atoms with van der Waals surface area (Å²) < 4.78 is 1.90. The van der Waals surface area contributed by atoms with Crippen LogP contribution in [0, 0.1) is 0 Å². The van der Waals surface area contributed by atoms with E-state index in [1.54, 1.807) is 12.5 Å². The van der Waals surface area contributed by atoms with Gasteiger partial charge in [-0.15, -0.1) is 0 Å². The molecule has 154 valence electrons. The number of carbonyl (C=O) groups is 2. The maximum atomic E-state index is 12.8. The van der Waals surface area contributed by atoms with Crippen molar-refractivity contribution in [3.05, 3.63) is 84.4 Å². The highest BCUT2D eigenvalue weighted by Gasteiger charge is 2.24. The lowest BCUT2D eigenvalue weighted by Gasteiger charge is -2.32. The van der Waals surface area contributed by atoms with Crippen molar-refractivity contribution in [1.82, 2.24) is 19.8 Å². The molecule has 2 heterocycles. The molecule has 1 aliphatic heterocycles. The number of nitrogens with one attached hydrogen (secondary N) is 1. The zero-order valence-corrected chi connectivity index (χ0v) is 16.9. The van der Waals surface area contributed by atoms with Crippen molar-refractivity contribution in [1.29, 1.82) is 0 Å². The third-order valence-electron chi connectivity index (χ3n) is 5.55. The Balaban J connectivity index is 1.24. The lowest BCUT2D eigenvalue weighted by atomic mass is 10.0. The number of carbonyl (C=O) groups excluding carboxylic acids is 2. The highest BCUT2D eigenvalue weighted by atomic mass is 16.2. The number of benzene rings is 2. The predicted octanol–water partition coefficient (Wildman–Crippen LogP) is 3.23. The largest absolute Gasteiger partial charge is 0.353 e. The molecule has 0 spiro atoms. The molecule has 0 unspecified atom stereocenters. The Morgan fingerprint density at radius 3 is 2.40 bits per heavy atom. The van der Waals surface area contributed by atoms with Gasteiger partial charge in [0.2, 0.25) is 5.91 Å². The Morgan fingerprint density at radius 1 is 1.00 bits per heavy atom. The average molecular weight is 402 g/mol. The number of hydrogen-bond donors (Lipinski definition) is 1. The number of likely N-dealkylation sites (tertiary alicyclic amines) is 1. The molecule has 1 aliphatic rings. The van der Waals surface area contributed by atoms with E-state index >= 15 is 0 Å². The molecule has 1 N–H and O–H groups in total. The number of hydrogen-bond acceptors (Lipinski definition) is 3. The molecule has 6 nitrogen and oxygen atoms in total. The standard InChI is InChI=1S/C24H26N4O2/c29-23(11-6-19-4-2-1-3-5-19)26-21-12-15-27(16-13-21)24(30)20-7-9-22(10-8-20)28-17-14-25-18-28/h1-5,7-10,14,17-18,21H,6,11-13,15-16H2,(H,26,29). The molecule has 0 radical (unpaired) electrons. The van der Waals surface area contributed by atoms with Crippen LogP contribution >= 0.6 is 0 Å². The van der Waals surface area contributed by atoms with Crippen LogP contribution in [0.25, 0.3) is 5.69 Å². The summed E-state index contributed by atoms with van der Waals surface area (Å²) in [6.07, 6.45) is 8.15. The molecule has 6 heteroatoms. The molecular weight excluding hydrogens is 376 g/mol. The first-order chi connectivity index (χ1) is 14.7. The first kappa shape index (κ1) is 19.9. The molecule has 1 saturated heterocycles. The number of aromatic nitrogens is 2. The summed E-state index contributed by atoms with van der Waals surface area (Å²) in [5.41, 5.74) is 2.83. The van der Waals surface area contributed by atoms with Gasteiger partial charge in [0.05, 0.1) is 6.33 Å². The van der Waals surface area contributed by atoms with Crippen LogP contribution in [-0.2, 0) is 11.2 Å². The second-order valence-electron chi connectivity index (χ2n) is 7.64. The van der Waals surface area contributed by atoms with Gasteiger partial charge in [0, 0.05) is 49.2 Å². The van der Waals surface area contributed by atoms with Crippen LogP contribution in [0.2, 0.25) is 0 Å². The Bertz CT molecular complexity index is 960. The van der Waals surface area contributed by atoms with Gasteiger partial charge >= 0.3 is 0 Å². The highest BCUT2D eigenvalue weighted by Crippen LogP contribution is 2.16. The lowest BCUT2D eigenvalue weighted by Crippen LogP contribution is -2.46. The SMILES string of the molecule is O=C(CCc1ccccc1)NC1CCN(C(=O)c2ccc(-n3ccnc3)cc2)CC1. The van der Waals surface area contributed by atoms with Crippen molar-refractivity contribution in [3.63, 3.8) is 0 Å². The predicted molar refractivity (Wildman–Crippen MR) is 115 cm³/mol. The van der Waals surface area contributed by atoms with Gasteiger partial charge in [-0.1, -0.05) is 30.3 Å². The minimum Gasteiger partial charge on any atom is -0.353 e. The van der Waals surface area contributed by atoms with E-state index in [9.17, 15) is 9.59 Å². The van der Waals surface area contributed by atoms with Crippen molar-refractivity contribution in [2.45, 2.75) is 31.7 Å². The zero-order valence-electron chi connectivity index (χ0n) is 16.9. The summed E-state index contributed by atoms with van der Waals surface area (Å²) in [5, 5.41) is 3.13. The Morgan fingerprint density at radius 2 is 1.73 bits per heavy atom. The molecule has 3 aromatic rings. The normalized spacial score (nSPS) is 14.5. The van der Waals surface area contributed by atoms with E-state index in [-0.39, 0.29) is 17.9 Å². The first-order valence-electron chi connectivity index (χ1n) is 10.4. The first-order valence-corrected chi connectivity index (χ1v) is 10.4. The number of nitrogens with zero attached hydrogens (tertiary/aromatic N) is 3. The third kappa shape index (κ3) is 4.95. The Kier molecular flexibility index (Phi) is 6.23. The maximum Gasteiger partial charge on any atom is 0.253 e. The molecule has 30 heavy (non-hydrogen) atoms. The second kappa shape index (κ2) is 9.39. The molecule has 2 amide bonds. The molecular formula is C24H26N4O2. The van der Waals surface area contributed by atoms with E-state index in [1.165, 1.54) is 5.56 Å². The minimum atomic E-state index is 0.0426. The maximum absolute atomic E-state index is 12.8. The third-order valence-corrected chi connectivity index (χ3v) is 5.55. The van der Waals surface area contributed by atoms with E-state index in [4.69, 9.17) is 0 Å². The molecule has 1 fully saturated rings. The van der Waals surface area contributed by atoms with Gasteiger partial charge in [-0.25, -0.2) is 4.98 Å². The van der Waals surface area contributed by atoms with E-state index in [1.807, 2.05) is 70.3 Å². The molecule has 0 aliphatic carbocycles.